The van der Waals surface area contributed by atoms with E-state index in [9.17, 15) is 4.39 Å². The second-order valence-electron chi connectivity index (χ2n) is 4.05. The number of aromatic nitrogens is 1. The van der Waals surface area contributed by atoms with Crippen molar-refractivity contribution in [1.82, 2.24) is 4.98 Å². The number of rotatable bonds is 4. The number of halogens is 1. The van der Waals surface area contributed by atoms with Gasteiger partial charge in [-0.15, -0.1) is 11.3 Å². The third-order valence-corrected chi connectivity index (χ3v) is 3.86. The molecule has 1 heterocycles. The molecule has 3 nitrogen and oxygen atoms in total. The summed E-state index contributed by atoms with van der Waals surface area (Å²) >= 11 is 6.49. The number of aryl methyl sites for hydroxylation is 2. The van der Waals surface area contributed by atoms with Crippen molar-refractivity contribution in [1.29, 1.82) is 0 Å². The van der Waals surface area contributed by atoms with Gasteiger partial charge in [-0.1, -0.05) is 19.1 Å². The van der Waals surface area contributed by atoms with Crippen molar-refractivity contribution in [2.24, 2.45) is 5.73 Å². The lowest BCUT2D eigenvalue weighted by Gasteiger charge is -2.08. The smallest absolute Gasteiger partial charge is 0.187 e. The minimum absolute atomic E-state index is 0.158. The van der Waals surface area contributed by atoms with Gasteiger partial charge in [-0.05, 0) is 31.5 Å². The van der Waals surface area contributed by atoms with Crippen molar-refractivity contribution in [2.45, 2.75) is 20.3 Å². The Bertz CT molecular complexity index is 622. The van der Waals surface area contributed by atoms with Crippen LogP contribution < -0.4 is 11.1 Å². The molecular formula is C13H14FN3S2. The molecule has 0 amide bonds. The molecule has 0 spiro atoms. The number of anilines is 2. The number of thiazole rings is 1. The highest BCUT2D eigenvalue weighted by Gasteiger charge is 2.10. The molecule has 0 fully saturated rings. The van der Waals surface area contributed by atoms with Crippen LogP contribution in [0.25, 0.3) is 0 Å². The molecule has 0 aliphatic carbocycles. The Labute approximate surface area is 120 Å². The van der Waals surface area contributed by atoms with Crippen LogP contribution in [0.2, 0.25) is 0 Å². The first-order valence-corrected chi connectivity index (χ1v) is 7.06. The van der Waals surface area contributed by atoms with Crippen LogP contribution in [0.1, 0.15) is 23.1 Å². The van der Waals surface area contributed by atoms with Crippen molar-refractivity contribution < 1.29 is 4.39 Å². The van der Waals surface area contributed by atoms with Crippen LogP contribution >= 0.6 is 23.6 Å². The van der Waals surface area contributed by atoms with Crippen LogP contribution in [0, 0.1) is 12.7 Å². The van der Waals surface area contributed by atoms with E-state index in [2.05, 4.69) is 17.2 Å². The fourth-order valence-electron chi connectivity index (χ4n) is 1.75. The van der Waals surface area contributed by atoms with Gasteiger partial charge in [0.1, 0.15) is 10.8 Å². The summed E-state index contributed by atoms with van der Waals surface area (Å²) in [5, 5.41) is 3.91. The molecular weight excluding hydrogens is 281 g/mol. The largest absolute Gasteiger partial charge is 0.389 e. The van der Waals surface area contributed by atoms with Gasteiger partial charge in [0.2, 0.25) is 0 Å². The molecule has 0 unspecified atom stereocenters. The Morgan fingerprint density at radius 1 is 1.53 bits per heavy atom. The van der Waals surface area contributed by atoms with Gasteiger partial charge in [0.25, 0.3) is 0 Å². The minimum Gasteiger partial charge on any atom is -0.389 e. The predicted octanol–water partition coefficient (Wildman–Crippen LogP) is 3.53. The van der Waals surface area contributed by atoms with Gasteiger partial charge >= 0.3 is 0 Å². The van der Waals surface area contributed by atoms with Crippen molar-refractivity contribution in [3.63, 3.8) is 0 Å². The lowest BCUT2D eigenvalue weighted by atomic mass is 10.1. The van der Waals surface area contributed by atoms with Crippen LogP contribution in [0.4, 0.5) is 15.2 Å². The maximum atomic E-state index is 13.2. The van der Waals surface area contributed by atoms with Gasteiger partial charge in [0.05, 0.1) is 11.4 Å². The number of thiocarbonyl (C=S) groups is 1. The first-order valence-electron chi connectivity index (χ1n) is 5.84. The first kappa shape index (κ1) is 13.9. The van der Waals surface area contributed by atoms with Gasteiger partial charge in [-0.2, -0.15) is 0 Å². The Balaban J connectivity index is 2.34. The molecule has 1 aromatic carbocycles. The molecule has 1 aromatic heterocycles. The number of hydrogen-bond donors (Lipinski definition) is 2. The molecule has 0 bridgehead atoms. The fourth-order valence-corrected chi connectivity index (χ4v) is 2.84. The zero-order valence-corrected chi connectivity index (χ0v) is 12.3. The molecule has 2 aromatic rings. The van der Waals surface area contributed by atoms with Crippen LogP contribution in [0.15, 0.2) is 18.2 Å². The Morgan fingerprint density at radius 2 is 2.26 bits per heavy atom. The third kappa shape index (κ3) is 3.08. The standard InChI is InChI=1S/C13H14FN3S2/c1-3-10-7(2)19-13(16-10)17-11-5-4-8(14)6-9(11)12(15)18/h4-6H,3H2,1-2H3,(H2,15,18)(H,16,17). The fraction of sp³-hybridized carbons (Fsp3) is 0.231. The molecule has 3 N–H and O–H groups in total. The predicted molar refractivity (Wildman–Crippen MR) is 81.8 cm³/mol. The third-order valence-electron chi connectivity index (χ3n) is 2.72. The van der Waals surface area contributed by atoms with E-state index in [0.717, 1.165) is 17.2 Å². The zero-order chi connectivity index (χ0) is 14.0. The normalized spacial score (nSPS) is 10.5. The molecule has 0 radical (unpaired) electrons. The molecule has 100 valence electrons. The SMILES string of the molecule is CCc1nc(Nc2ccc(F)cc2C(N)=S)sc1C. The summed E-state index contributed by atoms with van der Waals surface area (Å²) in [5.41, 5.74) is 7.83. The number of nitrogens with zero attached hydrogens (tertiary/aromatic N) is 1. The van der Waals surface area contributed by atoms with E-state index in [0.29, 0.717) is 11.3 Å². The molecule has 0 saturated heterocycles. The quantitative estimate of drug-likeness (QED) is 0.847. The summed E-state index contributed by atoms with van der Waals surface area (Å²) in [4.78, 5) is 5.80. The second-order valence-corrected chi connectivity index (χ2v) is 5.70. The van der Waals surface area contributed by atoms with Crippen molar-refractivity contribution in [2.75, 3.05) is 5.32 Å². The summed E-state index contributed by atoms with van der Waals surface area (Å²) < 4.78 is 13.2. The van der Waals surface area contributed by atoms with Gasteiger partial charge < -0.3 is 11.1 Å². The highest BCUT2D eigenvalue weighted by Crippen LogP contribution is 2.27. The average molecular weight is 295 g/mol. The van der Waals surface area contributed by atoms with Gasteiger partial charge in [0, 0.05) is 10.4 Å². The number of nitrogens with one attached hydrogen (secondary N) is 1. The van der Waals surface area contributed by atoms with E-state index < -0.39 is 0 Å². The monoisotopic (exact) mass is 295 g/mol. The van der Waals surface area contributed by atoms with Crippen LogP contribution in [0.5, 0.6) is 0 Å². The topological polar surface area (TPSA) is 50.9 Å². The highest BCUT2D eigenvalue weighted by atomic mass is 32.1. The Hall–Kier alpha value is -1.53. The van der Waals surface area contributed by atoms with E-state index in [4.69, 9.17) is 18.0 Å². The number of nitrogens with two attached hydrogens (primary N) is 1. The lowest BCUT2D eigenvalue weighted by molar-refractivity contribution is 0.628. The second kappa shape index (κ2) is 5.63. The van der Waals surface area contributed by atoms with E-state index >= 15 is 0 Å². The highest BCUT2D eigenvalue weighted by molar-refractivity contribution is 7.80. The van der Waals surface area contributed by atoms with Gasteiger partial charge in [-0.3, -0.25) is 0 Å². The Kier molecular flexibility index (Phi) is 4.11. The van der Waals surface area contributed by atoms with Crippen molar-refractivity contribution in [3.05, 3.63) is 40.2 Å². The summed E-state index contributed by atoms with van der Waals surface area (Å²) in [6.45, 7) is 4.09. The number of hydrogen-bond acceptors (Lipinski definition) is 4. The maximum Gasteiger partial charge on any atom is 0.187 e. The molecule has 0 saturated carbocycles. The summed E-state index contributed by atoms with van der Waals surface area (Å²) in [7, 11) is 0. The van der Waals surface area contributed by atoms with E-state index in [1.54, 1.807) is 17.4 Å². The summed E-state index contributed by atoms with van der Waals surface area (Å²) in [5.74, 6) is -0.363. The first-order chi connectivity index (χ1) is 9.01. The molecule has 0 aliphatic heterocycles. The maximum absolute atomic E-state index is 13.2. The van der Waals surface area contributed by atoms with Gasteiger partial charge in [0.15, 0.2) is 5.13 Å². The number of benzene rings is 1. The molecule has 2 rings (SSSR count). The van der Waals surface area contributed by atoms with Crippen molar-refractivity contribution in [3.8, 4) is 0 Å². The molecule has 0 atom stereocenters. The Morgan fingerprint density at radius 3 is 2.84 bits per heavy atom. The van der Waals surface area contributed by atoms with E-state index in [-0.39, 0.29) is 10.8 Å². The zero-order valence-electron chi connectivity index (χ0n) is 10.7. The van der Waals surface area contributed by atoms with Gasteiger partial charge in [-0.25, -0.2) is 9.37 Å². The molecule has 19 heavy (non-hydrogen) atoms. The summed E-state index contributed by atoms with van der Waals surface area (Å²) in [6.07, 6.45) is 0.885. The van der Waals surface area contributed by atoms with E-state index in [1.165, 1.54) is 17.0 Å². The van der Waals surface area contributed by atoms with E-state index in [1.807, 2.05) is 6.92 Å². The molecule has 6 heteroatoms. The minimum atomic E-state index is -0.363. The van der Waals surface area contributed by atoms with Crippen LogP contribution in [-0.4, -0.2) is 9.97 Å². The van der Waals surface area contributed by atoms with Crippen LogP contribution in [-0.2, 0) is 6.42 Å². The molecule has 0 aliphatic rings. The summed E-state index contributed by atoms with van der Waals surface area (Å²) in [6, 6.07) is 4.31. The van der Waals surface area contributed by atoms with Crippen molar-refractivity contribution >= 4 is 39.4 Å². The lowest BCUT2D eigenvalue weighted by Crippen LogP contribution is -2.12. The van der Waals surface area contributed by atoms with Crippen LogP contribution in [0.3, 0.4) is 0 Å². The average Bonchev–Trinajstić information content (AvgIpc) is 2.71.